The quantitative estimate of drug-likeness (QED) is 0.743. The largest absolute Gasteiger partial charge is 0.488 e. The number of hydrogen-bond donors (Lipinski definition) is 0. The van der Waals surface area contributed by atoms with Crippen molar-refractivity contribution in [3.8, 4) is 5.75 Å². The Morgan fingerprint density at radius 1 is 1.10 bits per heavy atom. The molecule has 0 atom stereocenters. The van der Waals surface area contributed by atoms with E-state index < -0.39 is 0 Å². The number of carbonyl (C=O) groups excluding carboxylic acids is 1. The Kier molecular flexibility index (Phi) is 4.69. The van der Waals surface area contributed by atoms with Crippen molar-refractivity contribution < 1.29 is 9.53 Å². The molecule has 2 aromatic carbocycles. The van der Waals surface area contributed by atoms with Crippen LogP contribution in [0.5, 0.6) is 5.75 Å². The molecule has 0 aliphatic rings. The molecular formula is C16H14Cl2O2. The van der Waals surface area contributed by atoms with Crippen LogP contribution in [0.1, 0.15) is 27.0 Å². The Balaban J connectivity index is 2.32. The molecule has 20 heavy (non-hydrogen) atoms. The summed E-state index contributed by atoms with van der Waals surface area (Å²) < 4.78 is 5.79. The van der Waals surface area contributed by atoms with Crippen LogP contribution < -0.4 is 4.74 Å². The monoisotopic (exact) mass is 308 g/mol. The summed E-state index contributed by atoms with van der Waals surface area (Å²) in [5.74, 6) is 0.580. The first-order chi connectivity index (χ1) is 9.54. The summed E-state index contributed by atoms with van der Waals surface area (Å²) in [7, 11) is 0. The zero-order chi connectivity index (χ0) is 14.7. The number of benzene rings is 2. The third-order valence-electron chi connectivity index (χ3n) is 3.26. The molecule has 0 heterocycles. The maximum absolute atomic E-state index is 11.1. The third-order valence-corrected chi connectivity index (χ3v) is 3.96. The smallest absolute Gasteiger partial charge is 0.153 e. The average Bonchev–Trinajstić information content (AvgIpc) is 2.42. The van der Waals surface area contributed by atoms with Crippen molar-refractivity contribution in [1.29, 1.82) is 0 Å². The average molecular weight is 309 g/mol. The van der Waals surface area contributed by atoms with Crippen LogP contribution in [0.4, 0.5) is 0 Å². The summed E-state index contributed by atoms with van der Waals surface area (Å²) in [6.07, 6.45) is 0.788. The van der Waals surface area contributed by atoms with Crippen LogP contribution in [-0.2, 0) is 6.61 Å². The molecular weight excluding hydrogens is 295 g/mol. The molecule has 0 unspecified atom stereocenters. The van der Waals surface area contributed by atoms with Gasteiger partial charge in [-0.15, -0.1) is 0 Å². The number of rotatable bonds is 4. The van der Waals surface area contributed by atoms with Gasteiger partial charge in [0.1, 0.15) is 12.4 Å². The number of aryl methyl sites for hydroxylation is 1. The summed E-state index contributed by atoms with van der Waals surface area (Å²) in [6.45, 7) is 4.12. The van der Waals surface area contributed by atoms with E-state index in [0.717, 1.165) is 17.4 Å². The van der Waals surface area contributed by atoms with Crippen molar-refractivity contribution in [2.45, 2.75) is 20.5 Å². The fraction of sp³-hybridized carbons (Fsp3) is 0.188. The highest BCUT2D eigenvalue weighted by Gasteiger charge is 2.11. The maximum atomic E-state index is 11.1. The molecule has 0 bridgehead atoms. The van der Waals surface area contributed by atoms with E-state index in [9.17, 15) is 4.79 Å². The summed E-state index contributed by atoms with van der Waals surface area (Å²) in [4.78, 5) is 11.1. The standard InChI is InChI=1S/C16H14Cl2O2/c1-10-6-7-12(8-19)16(11(10)2)20-9-13-14(17)4-3-5-15(13)18/h3-8H,9H2,1-2H3. The predicted octanol–water partition coefficient (Wildman–Crippen LogP) is 5.00. The second-order valence-corrected chi connectivity index (χ2v) is 5.35. The first kappa shape index (κ1) is 14.9. The van der Waals surface area contributed by atoms with Crippen molar-refractivity contribution >= 4 is 29.5 Å². The summed E-state index contributed by atoms with van der Waals surface area (Å²) in [5.41, 5.74) is 3.25. The lowest BCUT2D eigenvalue weighted by Crippen LogP contribution is -2.02. The number of halogens is 2. The second kappa shape index (κ2) is 6.29. The van der Waals surface area contributed by atoms with Gasteiger partial charge in [-0.3, -0.25) is 4.79 Å². The van der Waals surface area contributed by atoms with Gasteiger partial charge in [0.2, 0.25) is 0 Å². The fourth-order valence-electron chi connectivity index (χ4n) is 1.91. The van der Waals surface area contributed by atoms with Crippen molar-refractivity contribution in [2.75, 3.05) is 0 Å². The minimum absolute atomic E-state index is 0.226. The molecule has 0 aliphatic heterocycles. The molecule has 0 amide bonds. The Morgan fingerprint density at radius 2 is 1.75 bits per heavy atom. The first-order valence-electron chi connectivity index (χ1n) is 6.15. The lowest BCUT2D eigenvalue weighted by atomic mass is 10.1. The van der Waals surface area contributed by atoms with Crippen molar-refractivity contribution in [1.82, 2.24) is 0 Å². The molecule has 0 radical (unpaired) electrons. The van der Waals surface area contributed by atoms with Gasteiger partial charge in [0.25, 0.3) is 0 Å². The van der Waals surface area contributed by atoms with E-state index in [-0.39, 0.29) is 6.61 Å². The Hall–Kier alpha value is -1.51. The lowest BCUT2D eigenvalue weighted by Gasteiger charge is -2.14. The maximum Gasteiger partial charge on any atom is 0.153 e. The fourth-order valence-corrected chi connectivity index (χ4v) is 2.42. The van der Waals surface area contributed by atoms with E-state index in [1.807, 2.05) is 19.9 Å². The van der Waals surface area contributed by atoms with Crippen LogP contribution in [0, 0.1) is 13.8 Å². The van der Waals surface area contributed by atoms with Crippen molar-refractivity contribution in [2.24, 2.45) is 0 Å². The first-order valence-corrected chi connectivity index (χ1v) is 6.91. The zero-order valence-electron chi connectivity index (χ0n) is 11.2. The SMILES string of the molecule is Cc1ccc(C=O)c(OCc2c(Cl)cccc2Cl)c1C. The number of ether oxygens (including phenoxy) is 1. The van der Waals surface area contributed by atoms with Gasteiger partial charge in [0.05, 0.1) is 5.56 Å². The van der Waals surface area contributed by atoms with Crippen molar-refractivity contribution in [3.63, 3.8) is 0 Å². The van der Waals surface area contributed by atoms with Gasteiger partial charge in [-0.1, -0.05) is 35.3 Å². The Labute approximate surface area is 128 Å². The minimum atomic E-state index is 0.226. The highest BCUT2D eigenvalue weighted by molar-refractivity contribution is 6.35. The van der Waals surface area contributed by atoms with Gasteiger partial charge in [-0.25, -0.2) is 0 Å². The molecule has 0 saturated heterocycles. The normalized spacial score (nSPS) is 10.4. The van der Waals surface area contributed by atoms with E-state index in [4.69, 9.17) is 27.9 Å². The van der Waals surface area contributed by atoms with Crippen LogP contribution >= 0.6 is 23.2 Å². The van der Waals surface area contributed by atoms with Crippen LogP contribution in [0.3, 0.4) is 0 Å². The molecule has 0 fully saturated rings. The number of carbonyl (C=O) groups is 1. The molecule has 0 aliphatic carbocycles. The summed E-state index contributed by atoms with van der Waals surface area (Å²) >= 11 is 12.2. The summed E-state index contributed by atoms with van der Waals surface area (Å²) in [5, 5.41) is 1.10. The molecule has 4 heteroatoms. The molecule has 2 nitrogen and oxygen atoms in total. The van der Waals surface area contributed by atoms with Crippen LogP contribution in [-0.4, -0.2) is 6.29 Å². The molecule has 2 aromatic rings. The van der Waals surface area contributed by atoms with Crippen molar-refractivity contribution in [3.05, 3.63) is 62.6 Å². The van der Waals surface area contributed by atoms with E-state index in [0.29, 0.717) is 26.9 Å². The lowest BCUT2D eigenvalue weighted by molar-refractivity contribution is 0.111. The van der Waals surface area contributed by atoms with Crippen LogP contribution in [0.2, 0.25) is 10.0 Å². The van der Waals surface area contributed by atoms with Crippen LogP contribution in [0.25, 0.3) is 0 Å². The van der Waals surface area contributed by atoms with E-state index in [1.54, 1.807) is 24.3 Å². The van der Waals surface area contributed by atoms with Gasteiger partial charge >= 0.3 is 0 Å². The summed E-state index contributed by atoms with van der Waals surface area (Å²) in [6, 6.07) is 8.95. The Morgan fingerprint density at radius 3 is 2.35 bits per heavy atom. The van der Waals surface area contributed by atoms with Gasteiger partial charge in [-0.05, 0) is 43.2 Å². The minimum Gasteiger partial charge on any atom is -0.488 e. The molecule has 0 spiro atoms. The highest BCUT2D eigenvalue weighted by Crippen LogP contribution is 2.29. The van der Waals surface area contributed by atoms with E-state index >= 15 is 0 Å². The van der Waals surface area contributed by atoms with E-state index in [1.165, 1.54) is 0 Å². The Bertz CT molecular complexity index is 631. The highest BCUT2D eigenvalue weighted by atomic mass is 35.5. The van der Waals surface area contributed by atoms with Gasteiger partial charge in [0, 0.05) is 15.6 Å². The van der Waals surface area contributed by atoms with Gasteiger partial charge in [0.15, 0.2) is 6.29 Å². The molecule has 2 rings (SSSR count). The third kappa shape index (κ3) is 2.97. The molecule has 0 N–H and O–H groups in total. The zero-order valence-corrected chi connectivity index (χ0v) is 12.8. The number of aldehydes is 1. The molecule has 104 valence electrons. The molecule has 0 aromatic heterocycles. The van der Waals surface area contributed by atoms with Gasteiger partial charge < -0.3 is 4.74 Å². The predicted molar refractivity (Wildman–Crippen MR) is 82.1 cm³/mol. The van der Waals surface area contributed by atoms with Crippen LogP contribution in [0.15, 0.2) is 30.3 Å². The second-order valence-electron chi connectivity index (χ2n) is 4.53. The number of hydrogen-bond acceptors (Lipinski definition) is 2. The van der Waals surface area contributed by atoms with E-state index in [2.05, 4.69) is 0 Å². The van der Waals surface area contributed by atoms with Gasteiger partial charge in [-0.2, -0.15) is 0 Å². The molecule has 0 saturated carbocycles. The topological polar surface area (TPSA) is 26.3 Å².